The summed E-state index contributed by atoms with van der Waals surface area (Å²) in [5.41, 5.74) is 0. The molecule has 0 bridgehead atoms. The average molecular weight is 720 g/mol. The Morgan fingerprint density at radius 2 is 0.745 bits per heavy atom. The standard InChI is InChI=1S/C47H93NO3/c1-3-5-7-9-11-13-15-17-18-19-20-21-22-23-24-25-26-27-28-29-30-31-33-35-37-39-41-43-47(51)48-45(44-49)46(50)42-40-38-36-34-32-16-14-12-10-8-6-4-2/h19-20,45-46,49-50H,3-18,21-44H2,1-2H3,(H,48,51)/b20-19-. The van der Waals surface area contributed by atoms with Crippen LogP contribution >= 0.6 is 0 Å². The van der Waals surface area contributed by atoms with Gasteiger partial charge in [0, 0.05) is 6.42 Å². The van der Waals surface area contributed by atoms with Gasteiger partial charge in [0.05, 0.1) is 18.8 Å². The number of hydrogen-bond donors (Lipinski definition) is 3. The number of hydrogen-bond acceptors (Lipinski definition) is 3. The highest BCUT2D eigenvalue weighted by Crippen LogP contribution is 2.16. The zero-order valence-electron chi connectivity index (χ0n) is 34.9. The number of amides is 1. The van der Waals surface area contributed by atoms with Crippen molar-refractivity contribution in [3.8, 4) is 0 Å². The van der Waals surface area contributed by atoms with Crippen LogP contribution in [-0.2, 0) is 4.79 Å². The maximum atomic E-state index is 12.4. The van der Waals surface area contributed by atoms with E-state index in [0.29, 0.717) is 12.8 Å². The van der Waals surface area contributed by atoms with Crippen molar-refractivity contribution in [2.24, 2.45) is 0 Å². The second kappa shape index (κ2) is 43.5. The molecule has 0 aliphatic heterocycles. The van der Waals surface area contributed by atoms with E-state index in [2.05, 4.69) is 31.3 Å². The van der Waals surface area contributed by atoms with E-state index < -0.39 is 12.1 Å². The van der Waals surface area contributed by atoms with Gasteiger partial charge in [-0.2, -0.15) is 0 Å². The number of carbonyl (C=O) groups is 1. The Bertz CT molecular complexity index is 695. The highest BCUT2D eigenvalue weighted by atomic mass is 16.3. The maximum absolute atomic E-state index is 12.4. The molecule has 0 fully saturated rings. The third-order valence-electron chi connectivity index (χ3n) is 11.0. The molecule has 304 valence electrons. The number of rotatable bonds is 43. The number of carbonyl (C=O) groups excluding carboxylic acids is 1. The molecule has 2 unspecified atom stereocenters. The van der Waals surface area contributed by atoms with Crippen LogP contribution in [0.1, 0.15) is 264 Å². The molecule has 3 N–H and O–H groups in total. The molecular weight excluding hydrogens is 627 g/mol. The Hall–Kier alpha value is -0.870. The predicted octanol–water partition coefficient (Wildman–Crippen LogP) is 14.6. The van der Waals surface area contributed by atoms with Gasteiger partial charge in [0.1, 0.15) is 0 Å². The minimum Gasteiger partial charge on any atom is -0.394 e. The summed E-state index contributed by atoms with van der Waals surface area (Å²) in [6.45, 7) is 4.37. The van der Waals surface area contributed by atoms with Crippen LogP contribution in [0.2, 0.25) is 0 Å². The number of aliphatic hydroxyl groups excluding tert-OH is 2. The van der Waals surface area contributed by atoms with Gasteiger partial charge in [-0.25, -0.2) is 0 Å². The van der Waals surface area contributed by atoms with Crippen molar-refractivity contribution in [1.29, 1.82) is 0 Å². The second-order valence-electron chi connectivity index (χ2n) is 16.2. The molecule has 0 aromatic rings. The van der Waals surface area contributed by atoms with Crippen molar-refractivity contribution >= 4 is 5.91 Å². The van der Waals surface area contributed by atoms with Gasteiger partial charge in [0.25, 0.3) is 0 Å². The van der Waals surface area contributed by atoms with E-state index in [4.69, 9.17) is 0 Å². The number of nitrogens with one attached hydrogen (secondary N) is 1. The normalized spacial score (nSPS) is 12.9. The van der Waals surface area contributed by atoms with E-state index in [9.17, 15) is 15.0 Å². The largest absolute Gasteiger partial charge is 0.394 e. The van der Waals surface area contributed by atoms with Crippen molar-refractivity contribution in [2.45, 2.75) is 276 Å². The van der Waals surface area contributed by atoms with Crippen molar-refractivity contribution in [2.75, 3.05) is 6.61 Å². The minimum atomic E-state index is -0.654. The lowest BCUT2D eigenvalue weighted by Gasteiger charge is -2.22. The lowest BCUT2D eigenvalue weighted by Crippen LogP contribution is -2.45. The van der Waals surface area contributed by atoms with Crippen LogP contribution in [0.3, 0.4) is 0 Å². The van der Waals surface area contributed by atoms with Crippen molar-refractivity contribution in [3.63, 3.8) is 0 Å². The summed E-state index contributed by atoms with van der Waals surface area (Å²) in [5, 5.41) is 23.1. The summed E-state index contributed by atoms with van der Waals surface area (Å²) < 4.78 is 0. The fourth-order valence-electron chi connectivity index (χ4n) is 7.42. The third-order valence-corrected chi connectivity index (χ3v) is 11.0. The fraction of sp³-hybridized carbons (Fsp3) is 0.936. The smallest absolute Gasteiger partial charge is 0.220 e. The van der Waals surface area contributed by atoms with Crippen molar-refractivity contribution in [3.05, 3.63) is 12.2 Å². The Balaban J connectivity index is 3.42. The van der Waals surface area contributed by atoms with Gasteiger partial charge in [-0.05, 0) is 38.5 Å². The molecule has 1 amide bonds. The van der Waals surface area contributed by atoms with Crippen LogP contribution in [0.4, 0.5) is 0 Å². The van der Waals surface area contributed by atoms with E-state index in [1.807, 2.05) is 0 Å². The molecule has 0 aliphatic rings. The lowest BCUT2D eigenvalue weighted by atomic mass is 10.0. The molecule has 0 saturated heterocycles. The molecule has 0 heterocycles. The first kappa shape index (κ1) is 50.1. The molecule has 0 spiro atoms. The highest BCUT2D eigenvalue weighted by molar-refractivity contribution is 5.76. The van der Waals surface area contributed by atoms with Gasteiger partial charge >= 0.3 is 0 Å². The fourth-order valence-corrected chi connectivity index (χ4v) is 7.42. The predicted molar refractivity (Wildman–Crippen MR) is 226 cm³/mol. The van der Waals surface area contributed by atoms with Crippen LogP contribution in [0, 0.1) is 0 Å². The first-order valence-electron chi connectivity index (χ1n) is 23.4. The van der Waals surface area contributed by atoms with Crippen LogP contribution in [0.15, 0.2) is 12.2 Å². The highest BCUT2D eigenvalue weighted by Gasteiger charge is 2.20. The van der Waals surface area contributed by atoms with E-state index in [0.717, 1.165) is 25.7 Å². The van der Waals surface area contributed by atoms with E-state index in [-0.39, 0.29) is 12.5 Å². The summed E-state index contributed by atoms with van der Waals surface area (Å²) in [4.78, 5) is 12.4. The van der Waals surface area contributed by atoms with Crippen LogP contribution in [0.25, 0.3) is 0 Å². The minimum absolute atomic E-state index is 0.0282. The molecule has 51 heavy (non-hydrogen) atoms. The average Bonchev–Trinajstić information content (AvgIpc) is 3.13. The summed E-state index contributed by atoms with van der Waals surface area (Å²) >= 11 is 0. The molecule has 0 aromatic heterocycles. The number of aliphatic hydroxyl groups is 2. The quantitative estimate of drug-likeness (QED) is 0.0434. The molecule has 0 aromatic carbocycles. The van der Waals surface area contributed by atoms with Crippen molar-refractivity contribution < 1.29 is 15.0 Å². The maximum Gasteiger partial charge on any atom is 0.220 e. The van der Waals surface area contributed by atoms with Gasteiger partial charge in [-0.1, -0.05) is 231 Å². The number of allylic oxidation sites excluding steroid dienone is 2. The first-order valence-corrected chi connectivity index (χ1v) is 23.4. The lowest BCUT2D eigenvalue weighted by molar-refractivity contribution is -0.123. The second-order valence-corrected chi connectivity index (χ2v) is 16.2. The van der Waals surface area contributed by atoms with Crippen LogP contribution < -0.4 is 5.32 Å². The molecular formula is C47H93NO3. The molecule has 0 aliphatic carbocycles. The van der Waals surface area contributed by atoms with E-state index in [1.165, 1.54) is 212 Å². The summed E-state index contributed by atoms with van der Waals surface area (Å²) in [6.07, 6.45) is 54.5. The Morgan fingerprint density at radius 3 is 1.08 bits per heavy atom. The monoisotopic (exact) mass is 720 g/mol. The van der Waals surface area contributed by atoms with Gasteiger partial charge in [-0.3, -0.25) is 4.79 Å². The molecule has 4 heteroatoms. The summed E-state index contributed by atoms with van der Waals surface area (Å²) in [6, 6.07) is -0.531. The molecule has 0 saturated carbocycles. The Labute approximate surface area is 320 Å². The van der Waals surface area contributed by atoms with E-state index >= 15 is 0 Å². The zero-order valence-corrected chi connectivity index (χ0v) is 34.9. The molecule has 0 radical (unpaired) electrons. The van der Waals surface area contributed by atoms with Gasteiger partial charge in [0.2, 0.25) is 5.91 Å². The topological polar surface area (TPSA) is 69.6 Å². The van der Waals surface area contributed by atoms with Gasteiger partial charge in [0.15, 0.2) is 0 Å². The van der Waals surface area contributed by atoms with Gasteiger partial charge < -0.3 is 15.5 Å². The van der Waals surface area contributed by atoms with Gasteiger partial charge in [-0.15, -0.1) is 0 Å². The summed E-state index contributed by atoms with van der Waals surface area (Å²) in [5.74, 6) is -0.0282. The molecule has 4 nitrogen and oxygen atoms in total. The first-order chi connectivity index (χ1) is 25.2. The third kappa shape index (κ3) is 40.2. The Morgan fingerprint density at radius 1 is 0.451 bits per heavy atom. The Kier molecular flexibility index (Phi) is 42.8. The van der Waals surface area contributed by atoms with Crippen LogP contribution in [0.5, 0.6) is 0 Å². The van der Waals surface area contributed by atoms with E-state index in [1.54, 1.807) is 0 Å². The summed E-state index contributed by atoms with van der Waals surface area (Å²) in [7, 11) is 0. The van der Waals surface area contributed by atoms with Crippen LogP contribution in [-0.4, -0.2) is 34.9 Å². The molecule has 0 rings (SSSR count). The number of unbranched alkanes of at least 4 members (excludes halogenated alkanes) is 34. The zero-order chi connectivity index (χ0) is 37.1. The van der Waals surface area contributed by atoms with Crippen molar-refractivity contribution in [1.82, 2.24) is 5.32 Å². The molecule has 2 atom stereocenters. The SMILES string of the molecule is CCCCCCCCCC/C=C\CCCCCCCCCCCCCCCCCC(=O)NC(CO)C(O)CCCCCCCCCCCCCC.